The van der Waals surface area contributed by atoms with E-state index in [9.17, 15) is 9.59 Å². The fraction of sp³-hybridized carbons (Fsp3) is 0.846. The molecule has 1 saturated heterocycles. The summed E-state index contributed by atoms with van der Waals surface area (Å²) in [5.74, 6) is 0.937. The van der Waals surface area contributed by atoms with Crippen LogP contribution in [0.2, 0.25) is 0 Å². The average Bonchev–Trinajstić information content (AvgIpc) is 2.33. The van der Waals surface area contributed by atoms with Gasteiger partial charge in [-0.25, -0.2) is 0 Å². The number of Topliss-reactive ketones (excluding diaryl/α,β-unsaturated/α-hetero) is 1. The number of thioether (sulfide) groups is 1. The normalized spacial score (nSPS) is 24.8. The summed E-state index contributed by atoms with van der Waals surface area (Å²) in [6.07, 6.45) is 0.503. The topological polar surface area (TPSA) is 46.6 Å². The maximum absolute atomic E-state index is 11.8. The van der Waals surface area contributed by atoms with Crippen molar-refractivity contribution >= 4 is 23.5 Å². The summed E-state index contributed by atoms with van der Waals surface area (Å²) in [6.45, 7) is 7.94. The van der Waals surface area contributed by atoms with Crippen molar-refractivity contribution in [3.63, 3.8) is 0 Å². The van der Waals surface area contributed by atoms with Crippen LogP contribution in [-0.4, -0.2) is 53.4 Å². The van der Waals surface area contributed by atoms with E-state index in [1.807, 2.05) is 11.8 Å². The van der Waals surface area contributed by atoms with E-state index >= 15 is 0 Å². The Labute approximate surface area is 113 Å². The molecule has 2 unspecified atom stereocenters. The summed E-state index contributed by atoms with van der Waals surface area (Å²) in [6, 6.07) is 0.426. The highest BCUT2D eigenvalue weighted by molar-refractivity contribution is 8.00. The lowest BCUT2D eigenvalue weighted by molar-refractivity contribution is -0.144. The number of esters is 1. The van der Waals surface area contributed by atoms with Crippen molar-refractivity contribution < 1.29 is 14.3 Å². The molecule has 1 heterocycles. The predicted octanol–water partition coefficient (Wildman–Crippen LogP) is 1.72. The van der Waals surface area contributed by atoms with Crippen LogP contribution < -0.4 is 0 Å². The van der Waals surface area contributed by atoms with Crippen LogP contribution in [0.4, 0.5) is 0 Å². The Bertz CT molecular complexity index is 296. The standard InChI is InChI=1S/C13H23NO3S/c1-4-17-13(16)6-5-12(15)9-14-7-8-18-11(3)10(14)2/h10-11H,4-9H2,1-3H3. The second-order valence-electron chi connectivity index (χ2n) is 4.63. The first-order chi connectivity index (χ1) is 8.54. The molecule has 4 nitrogen and oxygen atoms in total. The van der Waals surface area contributed by atoms with Crippen molar-refractivity contribution in [2.24, 2.45) is 0 Å². The molecule has 18 heavy (non-hydrogen) atoms. The number of carbonyl (C=O) groups excluding carboxylic acids is 2. The van der Waals surface area contributed by atoms with Crippen LogP contribution >= 0.6 is 11.8 Å². The zero-order chi connectivity index (χ0) is 13.5. The van der Waals surface area contributed by atoms with Crippen molar-refractivity contribution in [2.45, 2.75) is 44.9 Å². The summed E-state index contributed by atoms with van der Waals surface area (Å²) < 4.78 is 4.81. The highest BCUT2D eigenvalue weighted by Crippen LogP contribution is 2.23. The third-order valence-corrected chi connectivity index (χ3v) is 4.65. The van der Waals surface area contributed by atoms with Crippen LogP contribution in [0.1, 0.15) is 33.6 Å². The lowest BCUT2D eigenvalue weighted by Gasteiger charge is -2.36. The Morgan fingerprint density at radius 2 is 2.06 bits per heavy atom. The number of hydrogen-bond acceptors (Lipinski definition) is 5. The van der Waals surface area contributed by atoms with Crippen LogP contribution in [0.5, 0.6) is 0 Å². The highest BCUT2D eigenvalue weighted by atomic mass is 32.2. The molecule has 0 aliphatic carbocycles. The smallest absolute Gasteiger partial charge is 0.306 e. The van der Waals surface area contributed by atoms with Gasteiger partial charge in [-0.3, -0.25) is 14.5 Å². The summed E-state index contributed by atoms with van der Waals surface area (Å²) in [4.78, 5) is 25.2. The van der Waals surface area contributed by atoms with Gasteiger partial charge in [0.15, 0.2) is 0 Å². The van der Waals surface area contributed by atoms with Gasteiger partial charge in [0.05, 0.1) is 19.6 Å². The molecule has 104 valence electrons. The van der Waals surface area contributed by atoms with E-state index in [4.69, 9.17) is 4.74 Å². The molecule has 1 aliphatic heterocycles. The summed E-state index contributed by atoms with van der Waals surface area (Å²) in [5.41, 5.74) is 0. The molecule has 5 heteroatoms. The van der Waals surface area contributed by atoms with E-state index in [0.29, 0.717) is 30.9 Å². The van der Waals surface area contributed by atoms with Gasteiger partial charge in [-0.05, 0) is 13.8 Å². The van der Waals surface area contributed by atoms with E-state index in [1.165, 1.54) is 0 Å². The van der Waals surface area contributed by atoms with Crippen molar-refractivity contribution in [3.8, 4) is 0 Å². The van der Waals surface area contributed by atoms with Crippen LogP contribution in [0.3, 0.4) is 0 Å². The van der Waals surface area contributed by atoms with Gasteiger partial charge in [-0.1, -0.05) is 6.92 Å². The number of ether oxygens (including phenoxy) is 1. The van der Waals surface area contributed by atoms with Crippen molar-refractivity contribution in [1.82, 2.24) is 4.90 Å². The van der Waals surface area contributed by atoms with Crippen LogP contribution in [0.15, 0.2) is 0 Å². The second kappa shape index (κ2) is 7.79. The van der Waals surface area contributed by atoms with E-state index in [-0.39, 0.29) is 18.2 Å². The van der Waals surface area contributed by atoms with Gasteiger partial charge in [0.1, 0.15) is 5.78 Å². The van der Waals surface area contributed by atoms with Gasteiger partial charge in [0.25, 0.3) is 0 Å². The van der Waals surface area contributed by atoms with Gasteiger partial charge in [0, 0.05) is 30.0 Å². The molecule has 0 radical (unpaired) electrons. The van der Waals surface area contributed by atoms with Gasteiger partial charge < -0.3 is 4.74 Å². The number of ketones is 1. The first-order valence-electron chi connectivity index (χ1n) is 6.57. The molecule has 0 aromatic carbocycles. The molecule has 0 bridgehead atoms. The van der Waals surface area contributed by atoms with Crippen molar-refractivity contribution in [2.75, 3.05) is 25.4 Å². The molecule has 0 saturated carbocycles. The molecule has 0 amide bonds. The minimum absolute atomic E-state index is 0.133. The van der Waals surface area contributed by atoms with E-state index in [1.54, 1.807) is 6.92 Å². The fourth-order valence-electron chi connectivity index (χ4n) is 2.00. The van der Waals surface area contributed by atoms with Crippen molar-refractivity contribution in [3.05, 3.63) is 0 Å². The molecule has 1 rings (SSSR count). The van der Waals surface area contributed by atoms with Gasteiger partial charge in [-0.15, -0.1) is 0 Å². The number of nitrogens with zero attached hydrogens (tertiary/aromatic N) is 1. The minimum Gasteiger partial charge on any atom is -0.466 e. The molecular weight excluding hydrogens is 250 g/mol. The highest BCUT2D eigenvalue weighted by Gasteiger charge is 2.26. The van der Waals surface area contributed by atoms with E-state index in [0.717, 1.165) is 12.3 Å². The molecule has 2 atom stereocenters. The first-order valence-corrected chi connectivity index (χ1v) is 7.62. The SMILES string of the molecule is CCOC(=O)CCC(=O)CN1CCSC(C)C1C. The summed E-state index contributed by atoms with van der Waals surface area (Å²) >= 11 is 1.95. The quantitative estimate of drug-likeness (QED) is 0.690. The Morgan fingerprint density at radius 3 is 2.72 bits per heavy atom. The van der Waals surface area contributed by atoms with Crippen LogP contribution in [0, 0.1) is 0 Å². The fourth-order valence-corrected chi connectivity index (χ4v) is 3.16. The van der Waals surface area contributed by atoms with Crippen LogP contribution in [-0.2, 0) is 14.3 Å². The monoisotopic (exact) mass is 273 g/mol. The van der Waals surface area contributed by atoms with E-state index in [2.05, 4.69) is 18.7 Å². The third-order valence-electron chi connectivity index (χ3n) is 3.31. The summed E-state index contributed by atoms with van der Waals surface area (Å²) in [7, 11) is 0. The number of rotatable bonds is 6. The van der Waals surface area contributed by atoms with Gasteiger partial charge in [-0.2, -0.15) is 11.8 Å². The Kier molecular flexibility index (Phi) is 6.71. The number of hydrogen-bond donors (Lipinski definition) is 0. The second-order valence-corrected chi connectivity index (χ2v) is 6.12. The Balaban J connectivity index is 2.29. The molecule has 0 N–H and O–H groups in total. The predicted molar refractivity (Wildman–Crippen MR) is 73.8 cm³/mol. The largest absolute Gasteiger partial charge is 0.466 e. The van der Waals surface area contributed by atoms with Crippen molar-refractivity contribution in [1.29, 1.82) is 0 Å². The average molecular weight is 273 g/mol. The zero-order valence-electron chi connectivity index (χ0n) is 11.5. The maximum Gasteiger partial charge on any atom is 0.306 e. The molecular formula is C13H23NO3S. The van der Waals surface area contributed by atoms with Crippen LogP contribution in [0.25, 0.3) is 0 Å². The zero-order valence-corrected chi connectivity index (χ0v) is 12.3. The minimum atomic E-state index is -0.276. The summed E-state index contributed by atoms with van der Waals surface area (Å²) in [5, 5.41) is 0.566. The van der Waals surface area contributed by atoms with Gasteiger partial charge in [0.2, 0.25) is 0 Å². The molecule has 0 spiro atoms. The maximum atomic E-state index is 11.8. The molecule has 0 aromatic rings. The first kappa shape index (κ1) is 15.5. The number of carbonyl (C=O) groups is 2. The van der Waals surface area contributed by atoms with E-state index < -0.39 is 0 Å². The Hall–Kier alpha value is -0.550. The molecule has 0 aromatic heterocycles. The molecule has 1 fully saturated rings. The third kappa shape index (κ3) is 4.98. The lowest BCUT2D eigenvalue weighted by atomic mass is 10.1. The lowest BCUT2D eigenvalue weighted by Crippen LogP contribution is -2.46. The Morgan fingerprint density at radius 1 is 1.33 bits per heavy atom. The van der Waals surface area contributed by atoms with Gasteiger partial charge >= 0.3 is 5.97 Å². The molecule has 1 aliphatic rings.